The van der Waals surface area contributed by atoms with Crippen molar-refractivity contribution in [2.45, 2.75) is 149 Å². The molecule has 0 bridgehead atoms. The van der Waals surface area contributed by atoms with Gasteiger partial charge in [-0.25, -0.2) is 0 Å². The standard InChI is InChI=1S/C32H58N3O3S/c1-5-7-9-11-12-13-14-15-16-17-18-19-20-24-30(36)38-28(3)35(4)25-22-23-29(27-35)31-32(34-39-33-31)37-26-21-10-8-6-2/h23,28H,5-22,24-27H2,1-4H3/q+1/t28-,35?/m1/s1. The zero-order chi connectivity index (χ0) is 28.2. The van der Waals surface area contributed by atoms with E-state index in [2.05, 4.69) is 35.7 Å². The van der Waals surface area contributed by atoms with Crippen molar-refractivity contribution in [2.75, 3.05) is 26.7 Å². The number of hydrogen-bond acceptors (Lipinski definition) is 6. The maximum atomic E-state index is 12.6. The number of quaternary nitrogens is 1. The Hall–Kier alpha value is -1.47. The van der Waals surface area contributed by atoms with E-state index in [9.17, 15) is 4.79 Å². The molecule has 0 spiro atoms. The van der Waals surface area contributed by atoms with Crippen molar-refractivity contribution in [1.29, 1.82) is 0 Å². The number of unbranched alkanes of at least 4 members (excludes halogenated alkanes) is 15. The molecule has 224 valence electrons. The van der Waals surface area contributed by atoms with Crippen molar-refractivity contribution in [2.24, 2.45) is 0 Å². The van der Waals surface area contributed by atoms with Gasteiger partial charge in [0.1, 0.15) is 12.2 Å². The maximum absolute atomic E-state index is 12.6. The second-order valence-corrected chi connectivity index (χ2v) is 12.3. The fourth-order valence-electron chi connectivity index (χ4n) is 5.38. The van der Waals surface area contributed by atoms with Crippen LogP contribution in [0.1, 0.15) is 148 Å². The topological polar surface area (TPSA) is 61.3 Å². The first kappa shape index (κ1) is 33.7. The van der Waals surface area contributed by atoms with Crippen molar-refractivity contribution in [1.82, 2.24) is 8.75 Å². The summed E-state index contributed by atoms with van der Waals surface area (Å²) in [6.07, 6.45) is 25.2. The number of rotatable bonds is 23. The van der Waals surface area contributed by atoms with Gasteiger partial charge in [-0.2, -0.15) is 4.37 Å². The van der Waals surface area contributed by atoms with Gasteiger partial charge in [0.2, 0.25) is 6.23 Å². The predicted molar refractivity (Wildman–Crippen MR) is 164 cm³/mol. The highest BCUT2D eigenvalue weighted by Crippen LogP contribution is 2.31. The smallest absolute Gasteiger partial charge is 0.310 e. The molecule has 0 aromatic carbocycles. The van der Waals surface area contributed by atoms with Crippen LogP contribution in [0, 0.1) is 0 Å². The van der Waals surface area contributed by atoms with Crippen LogP contribution in [0.15, 0.2) is 6.08 Å². The fraction of sp³-hybridized carbons (Fsp3) is 0.844. The number of aromatic nitrogens is 2. The van der Waals surface area contributed by atoms with E-state index in [0.717, 1.165) is 50.0 Å². The molecular weight excluding hydrogens is 506 g/mol. The summed E-state index contributed by atoms with van der Waals surface area (Å²) in [4.78, 5) is 12.6. The van der Waals surface area contributed by atoms with Crippen LogP contribution < -0.4 is 4.74 Å². The number of hydrogen-bond donors (Lipinski definition) is 0. The quantitative estimate of drug-likeness (QED) is 0.0753. The van der Waals surface area contributed by atoms with Crippen LogP contribution in [-0.4, -0.2) is 52.2 Å². The number of nitrogens with zero attached hydrogens (tertiary/aromatic N) is 3. The molecular formula is C32H58N3O3S+. The van der Waals surface area contributed by atoms with Gasteiger partial charge >= 0.3 is 5.97 Å². The Morgan fingerprint density at radius 2 is 1.44 bits per heavy atom. The Kier molecular flexibility index (Phi) is 17.7. The summed E-state index contributed by atoms with van der Waals surface area (Å²) in [5.74, 6) is 0.593. The molecule has 2 atom stereocenters. The number of carbonyl (C=O) groups excluding carboxylic acids is 1. The molecule has 1 aliphatic rings. The SMILES string of the molecule is CCCCCCCCCCCCCCCC(=O)O[C@H](C)[N+]1(C)CCC=C(c2nsnc2OCCCCCC)C1. The Morgan fingerprint density at radius 1 is 0.872 bits per heavy atom. The number of carbonyl (C=O) groups is 1. The zero-order valence-electron chi connectivity index (χ0n) is 25.7. The molecule has 2 heterocycles. The van der Waals surface area contributed by atoms with Gasteiger partial charge in [0.15, 0.2) is 0 Å². The molecule has 0 saturated carbocycles. The molecule has 1 unspecified atom stereocenters. The van der Waals surface area contributed by atoms with E-state index >= 15 is 0 Å². The summed E-state index contributed by atoms with van der Waals surface area (Å²) in [5, 5.41) is 0. The van der Waals surface area contributed by atoms with Crippen LogP contribution in [0.3, 0.4) is 0 Å². The zero-order valence-corrected chi connectivity index (χ0v) is 26.5. The summed E-state index contributed by atoms with van der Waals surface area (Å²) in [6, 6.07) is 0. The van der Waals surface area contributed by atoms with E-state index < -0.39 is 0 Å². The van der Waals surface area contributed by atoms with Gasteiger partial charge in [-0.3, -0.25) is 9.28 Å². The molecule has 6 nitrogen and oxygen atoms in total. The molecule has 7 heteroatoms. The summed E-state index contributed by atoms with van der Waals surface area (Å²) < 4.78 is 21.6. The van der Waals surface area contributed by atoms with Crippen molar-refractivity contribution in [3.8, 4) is 5.88 Å². The Labute approximate surface area is 243 Å². The van der Waals surface area contributed by atoms with Crippen molar-refractivity contribution >= 4 is 23.3 Å². The average molecular weight is 565 g/mol. The molecule has 1 aromatic heterocycles. The summed E-state index contributed by atoms with van der Waals surface area (Å²) in [5.41, 5.74) is 2.02. The second-order valence-electron chi connectivity index (χ2n) is 11.8. The lowest BCUT2D eigenvalue weighted by Crippen LogP contribution is -2.55. The van der Waals surface area contributed by atoms with Crippen LogP contribution in [0.25, 0.3) is 5.57 Å². The third-order valence-electron chi connectivity index (χ3n) is 8.23. The molecule has 0 radical (unpaired) electrons. The van der Waals surface area contributed by atoms with Crippen molar-refractivity contribution < 1.29 is 18.8 Å². The van der Waals surface area contributed by atoms with E-state index in [1.54, 1.807) is 0 Å². The molecule has 39 heavy (non-hydrogen) atoms. The molecule has 1 aromatic rings. The van der Waals surface area contributed by atoms with Gasteiger partial charge in [-0.15, -0.1) is 4.37 Å². The van der Waals surface area contributed by atoms with Crippen molar-refractivity contribution in [3.63, 3.8) is 0 Å². The molecule has 1 aliphatic heterocycles. The van der Waals surface area contributed by atoms with Crippen molar-refractivity contribution in [3.05, 3.63) is 11.8 Å². The summed E-state index contributed by atoms with van der Waals surface area (Å²) in [6.45, 7) is 8.93. The molecule has 0 amide bonds. The number of esters is 1. The molecule has 2 rings (SSSR count). The lowest BCUT2D eigenvalue weighted by Gasteiger charge is -2.41. The first-order chi connectivity index (χ1) is 19.0. The fourth-order valence-corrected chi connectivity index (χ4v) is 5.91. The van der Waals surface area contributed by atoms with Crippen LogP contribution in [0.5, 0.6) is 5.88 Å². The first-order valence-corrected chi connectivity index (χ1v) is 16.9. The minimum absolute atomic E-state index is 0.0625. The highest BCUT2D eigenvalue weighted by Gasteiger charge is 2.36. The highest BCUT2D eigenvalue weighted by molar-refractivity contribution is 6.99. The molecule has 0 saturated heterocycles. The predicted octanol–water partition coefficient (Wildman–Crippen LogP) is 9.10. The molecule has 0 aliphatic carbocycles. The van der Waals surface area contributed by atoms with Gasteiger partial charge in [-0.1, -0.05) is 116 Å². The lowest BCUT2D eigenvalue weighted by molar-refractivity contribution is -0.944. The van der Waals surface area contributed by atoms with Crippen LogP contribution in [-0.2, 0) is 9.53 Å². The maximum Gasteiger partial charge on any atom is 0.310 e. The van der Waals surface area contributed by atoms with E-state index in [4.69, 9.17) is 9.47 Å². The molecule has 0 fully saturated rings. The largest absolute Gasteiger partial charge is 0.475 e. The van der Waals surface area contributed by atoms with Gasteiger partial charge in [-0.05, 0) is 12.8 Å². The van der Waals surface area contributed by atoms with E-state index in [1.807, 2.05) is 6.92 Å². The van der Waals surface area contributed by atoms with E-state index in [0.29, 0.717) is 23.4 Å². The average Bonchev–Trinajstić information content (AvgIpc) is 3.40. The van der Waals surface area contributed by atoms with E-state index in [1.165, 1.54) is 102 Å². The van der Waals surface area contributed by atoms with Gasteiger partial charge in [0, 0.05) is 25.3 Å². The normalized spacial score (nSPS) is 18.1. The van der Waals surface area contributed by atoms with Crippen LogP contribution in [0.2, 0.25) is 0 Å². The van der Waals surface area contributed by atoms with Crippen LogP contribution >= 0.6 is 11.7 Å². The second kappa shape index (κ2) is 20.4. The minimum atomic E-state index is -0.187. The lowest BCUT2D eigenvalue weighted by atomic mass is 10.0. The Morgan fingerprint density at radius 3 is 2.05 bits per heavy atom. The van der Waals surface area contributed by atoms with E-state index in [-0.39, 0.29) is 12.2 Å². The van der Waals surface area contributed by atoms with Gasteiger partial charge in [0.25, 0.3) is 5.88 Å². The molecule has 0 N–H and O–H groups in total. The highest BCUT2D eigenvalue weighted by atomic mass is 32.1. The summed E-state index contributed by atoms with van der Waals surface area (Å²) in [7, 11) is 2.18. The van der Waals surface area contributed by atoms with Gasteiger partial charge in [0.05, 0.1) is 31.9 Å². The first-order valence-electron chi connectivity index (χ1n) is 16.2. The Bertz CT molecular complexity index is 812. The summed E-state index contributed by atoms with van der Waals surface area (Å²) >= 11 is 1.21. The monoisotopic (exact) mass is 564 g/mol. The number of likely N-dealkylation sites (N-methyl/N-ethyl adjacent to an activating group) is 1. The third kappa shape index (κ3) is 13.6. The van der Waals surface area contributed by atoms with Gasteiger partial charge < -0.3 is 9.47 Å². The third-order valence-corrected chi connectivity index (χ3v) is 8.74. The minimum Gasteiger partial charge on any atom is -0.475 e. The van der Waals surface area contributed by atoms with Crippen LogP contribution in [0.4, 0.5) is 0 Å². The number of ether oxygens (including phenoxy) is 2. The Balaban J connectivity index is 1.61.